The van der Waals surface area contributed by atoms with Gasteiger partial charge in [0.2, 0.25) is 5.95 Å². The predicted octanol–water partition coefficient (Wildman–Crippen LogP) is 1.11. The number of carbonyl (C=O) groups excluding carboxylic acids is 1. The van der Waals surface area contributed by atoms with Gasteiger partial charge in [-0.25, -0.2) is 4.98 Å². The molecule has 0 saturated carbocycles. The van der Waals surface area contributed by atoms with E-state index >= 15 is 0 Å². The van der Waals surface area contributed by atoms with E-state index in [-0.39, 0.29) is 12.1 Å². The fraction of sp³-hybridized carbons (Fsp3) is 0.353. The highest BCUT2D eigenvalue weighted by Crippen LogP contribution is 2.22. The Hall–Kier alpha value is -2.38. The van der Waals surface area contributed by atoms with Crippen LogP contribution in [0.25, 0.3) is 0 Å². The monoisotopic (exact) mass is 362 g/mol. The third-order valence-corrected chi connectivity index (χ3v) is 4.47. The molecule has 8 heteroatoms. The van der Waals surface area contributed by atoms with Crippen LogP contribution in [0.5, 0.6) is 0 Å². The first-order valence-electron chi connectivity index (χ1n) is 7.88. The first kappa shape index (κ1) is 17.4. The standard InChI is InChI=1S/C17H19ClN4O3/c1-21(2)17-19-13-9-22(8-7-12(13)15(24)20-17)16(25)14(23)10-3-5-11(18)6-4-10/h3-6,14,23H,7-9H2,1-2H3,(H,19,20,24)/t14-/m0/s1. The van der Waals surface area contributed by atoms with E-state index in [0.717, 1.165) is 0 Å². The third-order valence-electron chi connectivity index (χ3n) is 4.22. The summed E-state index contributed by atoms with van der Waals surface area (Å²) in [6.07, 6.45) is -0.862. The van der Waals surface area contributed by atoms with E-state index in [2.05, 4.69) is 9.97 Å². The Morgan fingerprint density at radius 2 is 2.04 bits per heavy atom. The Balaban J connectivity index is 1.83. The number of carbonyl (C=O) groups is 1. The number of nitrogens with one attached hydrogen (secondary N) is 1. The lowest BCUT2D eigenvalue weighted by atomic mass is 10.0. The van der Waals surface area contributed by atoms with Crippen LogP contribution in [-0.2, 0) is 17.8 Å². The summed E-state index contributed by atoms with van der Waals surface area (Å²) in [6, 6.07) is 6.50. The molecular formula is C17H19ClN4O3. The van der Waals surface area contributed by atoms with E-state index in [9.17, 15) is 14.7 Å². The molecule has 0 aliphatic carbocycles. The number of fused-ring (bicyclic) bond motifs is 1. The lowest BCUT2D eigenvalue weighted by Gasteiger charge is -2.30. The maximum Gasteiger partial charge on any atom is 0.256 e. The van der Waals surface area contributed by atoms with Gasteiger partial charge in [0, 0.05) is 31.2 Å². The number of nitrogens with zero attached hydrogens (tertiary/aromatic N) is 3. The summed E-state index contributed by atoms with van der Waals surface area (Å²) in [5.74, 6) is 0.0257. The molecule has 0 bridgehead atoms. The Kier molecular flexibility index (Phi) is 4.78. The van der Waals surface area contributed by atoms with E-state index in [1.54, 1.807) is 43.3 Å². The molecule has 2 aromatic rings. The van der Waals surface area contributed by atoms with Crippen molar-refractivity contribution in [3.05, 3.63) is 56.5 Å². The van der Waals surface area contributed by atoms with Crippen LogP contribution in [-0.4, -0.2) is 46.5 Å². The third kappa shape index (κ3) is 3.52. The van der Waals surface area contributed by atoms with Crippen LogP contribution in [0.4, 0.5) is 5.95 Å². The first-order valence-corrected chi connectivity index (χ1v) is 8.26. The Morgan fingerprint density at radius 3 is 2.68 bits per heavy atom. The summed E-state index contributed by atoms with van der Waals surface area (Å²) in [7, 11) is 3.56. The number of aliphatic hydroxyl groups excluding tert-OH is 1. The number of aromatic nitrogens is 2. The molecule has 1 atom stereocenters. The van der Waals surface area contributed by atoms with Crippen molar-refractivity contribution in [3.8, 4) is 0 Å². The topological polar surface area (TPSA) is 89.5 Å². The second kappa shape index (κ2) is 6.85. The highest BCUT2D eigenvalue weighted by atomic mass is 35.5. The van der Waals surface area contributed by atoms with Crippen LogP contribution >= 0.6 is 11.6 Å². The maximum absolute atomic E-state index is 12.6. The molecule has 1 aromatic heterocycles. The molecule has 1 amide bonds. The lowest BCUT2D eigenvalue weighted by Crippen LogP contribution is -2.41. The number of anilines is 1. The van der Waals surface area contributed by atoms with Crippen molar-refractivity contribution >= 4 is 23.5 Å². The van der Waals surface area contributed by atoms with Crippen molar-refractivity contribution in [1.82, 2.24) is 14.9 Å². The summed E-state index contributed by atoms with van der Waals surface area (Å²) in [5, 5.41) is 10.9. The molecule has 1 aliphatic rings. The molecular weight excluding hydrogens is 344 g/mol. The largest absolute Gasteiger partial charge is 0.378 e. The number of amides is 1. The van der Waals surface area contributed by atoms with Crippen molar-refractivity contribution in [2.24, 2.45) is 0 Å². The minimum Gasteiger partial charge on any atom is -0.378 e. The van der Waals surface area contributed by atoms with Crippen LogP contribution in [0.15, 0.2) is 29.1 Å². The first-order chi connectivity index (χ1) is 11.9. The Morgan fingerprint density at radius 1 is 1.36 bits per heavy atom. The van der Waals surface area contributed by atoms with E-state index in [1.807, 2.05) is 0 Å². The quantitative estimate of drug-likeness (QED) is 0.853. The van der Waals surface area contributed by atoms with Crippen LogP contribution < -0.4 is 10.5 Å². The van der Waals surface area contributed by atoms with Crippen LogP contribution in [0.3, 0.4) is 0 Å². The van der Waals surface area contributed by atoms with Gasteiger partial charge in [0.1, 0.15) is 0 Å². The van der Waals surface area contributed by atoms with Gasteiger partial charge in [-0.1, -0.05) is 23.7 Å². The fourth-order valence-corrected chi connectivity index (χ4v) is 2.91. The van der Waals surface area contributed by atoms with Gasteiger partial charge >= 0.3 is 0 Å². The van der Waals surface area contributed by atoms with Gasteiger partial charge in [-0.2, -0.15) is 0 Å². The number of rotatable bonds is 3. The molecule has 2 N–H and O–H groups in total. The van der Waals surface area contributed by atoms with Gasteiger partial charge in [0.05, 0.1) is 12.2 Å². The summed E-state index contributed by atoms with van der Waals surface area (Å²) < 4.78 is 0. The molecule has 7 nitrogen and oxygen atoms in total. The molecule has 1 aromatic carbocycles. The van der Waals surface area contributed by atoms with Crippen molar-refractivity contribution < 1.29 is 9.90 Å². The molecule has 132 valence electrons. The highest BCUT2D eigenvalue weighted by molar-refractivity contribution is 6.30. The van der Waals surface area contributed by atoms with Gasteiger partial charge in [-0.05, 0) is 24.1 Å². The molecule has 0 saturated heterocycles. The predicted molar refractivity (Wildman–Crippen MR) is 94.7 cm³/mol. The average Bonchev–Trinajstić information content (AvgIpc) is 2.60. The van der Waals surface area contributed by atoms with Crippen LogP contribution in [0, 0.1) is 0 Å². The molecule has 0 spiro atoms. The Bertz CT molecular complexity index is 848. The molecule has 2 heterocycles. The van der Waals surface area contributed by atoms with E-state index in [0.29, 0.717) is 40.8 Å². The fourth-order valence-electron chi connectivity index (χ4n) is 2.79. The number of aromatic amines is 1. The molecule has 25 heavy (non-hydrogen) atoms. The van der Waals surface area contributed by atoms with Crippen molar-refractivity contribution in [2.75, 3.05) is 25.5 Å². The second-order valence-electron chi connectivity index (χ2n) is 6.17. The zero-order valence-corrected chi connectivity index (χ0v) is 14.7. The van der Waals surface area contributed by atoms with E-state index < -0.39 is 12.0 Å². The summed E-state index contributed by atoms with van der Waals surface area (Å²) >= 11 is 5.83. The second-order valence-corrected chi connectivity index (χ2v) is 6.61. The summed E-state index contributed by atoms with van der Waals surface area (Å²) in [4.78, 5) is 35.2. The van der Waals surface area contributed by atoms with E-state index in [1.165, 1.54) is 4.90 Å². The molecule has 0 radical (unpaired) electrons. The van der Waals surface area contributed by atoms with Crippen molar-refractivity contribution in [2.45, 2.75) is 19.1 Å². The Labute approximate surface area is 149 Å². The number of H-pyrrole nitrogens is 1. The van der Waals surface area contributed by atoms with E-state index in [4.69, 9.17) is 11.6 Å². The molecule has 0 fully saturated rings. The number of hydrogen-bond acceptors (Lipinski definition) is 5. The highest BCUT2D eigenvalue weighted by Gasteiger charge is 2.29. The van der Waals surface area contributed by atoms with Gasteiger partial charge in [-0.3, -0.25) is 14.6 Å². The van der Waals surface area contributed by atoms with Crippen LogP contribution in [0.1, 0.15) is 22.9 Å². The minimum atomic E-state index is -1.27. The molecule has 0 unspecified atom stereocenters. The van der Waals surface area contributed by atoms with Gasteiger partial charge in [-0.15, -0.1) is 0 Å². The zero-order valence-electron chi connectivity index (χ0n) is 14.0. The van der Waals surface area contributed by atoms with Crippen LogP contribution in [0.2, 0.25) is 5.02 Å². The van der Waals surface area contributed by atoms with Gasteiger partial charge in [0.15, 0.2) is 6.10 Å². The SMILES string of the molecule is CN(C)c1nc2c(c(=O)[nH]1)CCN(C(=O)[C@@H](O)c1ccc(Cl)cc1)C2. The average molecular weight is 363 g/mol. The number of benzene rings is 1. The summed E-state index contributed by atoms with van der Waals surface area (Å²) in [5.41, 5.74) is 1.46. The lowest BCUT2D eigenvalue weighted by molar-refractivity contribution is -0.141. The van der Waals surface area contributed by atoms with Gasteiger partial charge < -0.3 is 14.9 Å². The van der Waals surface area contributed by atoms with Crippen molar-refractivity contribution in [1.29, 1.82) is 0 Å². The molecule has 1 aliphatic heterocycles. The number of aliphatic hydroxyl groups is 1. The molecule has 3 rings (SSSR count). The smallest absolute Gasteiger partial charge is 0.256 e. The minimum absolute atomic E-state index is 0.181. The number of halogens is 1. The van der Waals surface area contributed by atoms with Crippen molar-refractivity contribution in [3.63, 3.8) is 0 Å². The maximum atomic E-state index is 12.6. The number of hydrogen-bond donors (Lipinski definition) is 2. The zero-order chi connectivity index (χ0) is 18.1. The summed E-state index contributed by atoms with van der Waals surface area (Å²) in [6.45, 7) is 0.562. The van der Waals surface area contributed by atoms with Gasteiger partial charge in [0.25, 0.3) is 11.5 Å². The normalized spacial score (nSPS) is 14.8.